The molecule has 0 aromatic carbocycles. The van der Waals surface area contributed by atoms with Gasteiger partial charge in [-0.1, -0.05) is 0 Å². The van der Waals surface area contributed by atoms with Gasteiger partial charge >= 0.3 is 0 Å². The van der Waals surface area contributed by atoms with E-state index in [0.717, 1.165) is 0 Å². The molecule has 33 valence electrons. The van der Waals surface area contributed by atoms with Crippen LogP contribution in [0.4, 0.5) is 0 Å². The molecule has 0 saturated carbocycles. The minimum absolute atomic E-state index is 0. The monoisotopic (exact) mass is 194 g/mol. The fraction of sp³-hybridized carbons (Fsp3) is 0. The molecular weight excluding hydrogens is 190 g/mol. The predicted octanol–water partition coefficient (Wildman–Crippen LogP) is -0.668. The molecule has 0 bridgehead atoms. The molecular formula is H5AgCrNO. The summed E-state index contributed by atoms with van der Waals surface area (Å²) in [6, 6.07) is 0. The van der Waals surface area contributed by atoms with Crippen LogP contribution in [0.5, 0.6) is 0 Å². The Bertz CT molecular complexity index is 8.00. The largest absolute Gasteiger partial charge is 0.412 e. The van der Waals surface area contributed by atoms with E-state index in [4.69, 9.17) is 0 Å². The van der Waals surface area contributed by atoms with Crippen LogP contribution in [0, 0.1) is 0 Å². The third-order valence-electron chi connectivity index (χ3n) is 0. The molecule has 0 unspecified atom stereocenters. The molecule has 4 heteroatoms. The van der Waals surface area contributed by atoms with Crippen LogP contribution in [-0.4, -0.2) is 5.48 Å². The minimum atomic E-state index is 0. The molecule has 2 nitrogen and oxygen atoms in total. The normalized spacial score (nSPS) is 0. The summed E-state index contributed by atoms with van der Waals surface area (Å²) in [6.45, 7) is 0. The van der Waals surface area contributed by atoms with Gasteiger partial charge in [-0.05, 0) is 0 Å². The Kier molecular flexibility index (Phi) is 482. The first-order valence-corrected chi connectivity index (χ1v) is 0. The van der Waals surface area contributed by atoms with Crippen molar-refractivity contribution < 1.29 is 45.2 Å². The summed E-state index contributed by atoms with van der Waals surface area (Å²) >= 11 is 0. The molecule has 5 N–H and O–H groups in total. The van der Waals surface area contributed by atoms with Gasteiger partial charge in [-0.3, -0.25) is 0 Å². The van der Waals surface area contributed by atoms with E-state index >= 15 is 0 Å². The smallest absolute Gasteiger partial charge is 0 e. The second-order valence-corrected chi connectivity index (χ2v) is 0. The van der Waals surface area contributed by atoms with Gasteiger partial charge in [-0.2, -0.15) is 0 Å². The molecule has 0 aliphatic heterocycles. The Hall–Kier alpha value is 1.19. The summed E-state index contributed by atoms with van der Waals surface area (Å²) in [5.74, 6) is 0. The van der Waals surface area contributed by atoms with Gasteiger partial charge in [-0.15, -0.1) is 0 Å². The van der Waals surface area contributed by atoms with Crippen LogP contribution in [-0.2, 0) is 39.7 Å². The van der Waals surface area contributed by atoms with Gasteiger partial charge in [0.25, 0.3) is 0 Å². The zero-order valence-corrected chi connectivity index (χ0v) is 4.67. The average Bonchev–Trinajstić information content (AvgIpc) is 0. The van der Waals surface area contributed by atoms with E-state index in [-0.39, 0.29) is 51.4 Å². The molecule has 0 fully saturated rings. The summed E-state index contributed by atoms with van der Waals surface area (Å²) in [7, 11) is 0. The van der Waals surface area contributed by atoms with Gasteiger partial charge in [0, 0.05) is 39.7 Å². The molecule has 0 rings (SSSR count). The number of rotatable bonds is 0. The van der Waals surface area contributed by atoms with E-state index in [1.54, 1.807) is 0 Å². The second-order valence-electron chi connectivity index (χ2n) is 0. The molecule has 0 aromatic heterocycles. The summed E-state index contributed by atoms with van der Waals surface area (Å²) in [5, 5.41) is 0. The average molecular weight is 195 g/mol. The molecule has 1 radical (unpaired) electrons. The van der Waals surface area contributed by atoms with Crippen LogP contribution in [0.2, 0.25) is 0 Å². The summed E-state index contributed by atoms with van der Waals surface area (Å²) < 4.78 is 0. The van der Waals surface area contributed by atoms with E-state index in [9.17, 15) is 0 Å². The van der Waals surface area contributed by atoms with Crippen LogP contribution < -0.4 is 6.15 Å². The quantitative estimate of drug-likeness (QED) is 0.511. The van der Waals surface area contributed by atoms with Crippen LogP contribution >= 0.6 is 0 Å². The maximum Gasteiger partial charge on any atom is 0 e. The van der Waals surface area contributed by atoms with Crippen molar-refractivity contribution in [1.82, 2.24) is 6.15 Å². The molecule has 0 spiro atoms. The summed E-state index contributed by atoms with van der Waals surface area (Å²) in [5.41, 5.74) is 0. The molecule has 0 aliphatic carbocycles. The first-order chi connectivity index (χ1) is 0. The zero-order chi connectivity index (χ0) is 0. The standard InChI is InChI=1S/Ag.Cr.H3N.H2O/h;;1H3;1H2. The van der Waals surface area contributed by atoms with E-state index in [0.29, 0.717) is 0 Å². The van der Waals surface area contributed by atoms with Gasteiger partial charge in [-0.25, -0.2) is 0 Å². The van der Waals surface area contributed by atoms with Gasteiger partial charge in [0.05, 0.1) is 0 Å². The van der Waals surface area contributed by atoms with Crippen LogP contribution in [0.3, 0.4) is 0 Å². The van der Waals surface area contributed by atoms with E-state index in [1.165, 1.54) is 0 Å². The van der Waals surface area contributed by atoms with Crippen molar-refractivity contribution in [2.75, 3.05) is 0 Å². The van der Waals surface area contributed by atoms with Crippen molar-refractivity contribution in [2.45, 2.75) is 0 Å². The van der Waals surface area contributed by atoms with Gasteiger partial charge in [0.1, 0.15) is 0 Å². The van der Waals surface area contributed by atoms with E-state index < -0.39 is 0 Å². The van der Waals surface area contributed by atoms with Crippen LogP contribution in [0.15, 0.2) is 0 Å². The van der Waals surface area contributed by atoms with E-state index in [1.807, 2.05) is 0 Å². The number of hydrogen-bond donors (Lipinski definition) is 1. The molecule has 0 atom stereocenters. The van der Waals surface area contributed by atoms with Gasteiger partial charge in [0.15, 0.2) is 0 Å². The van der Waals surface area contributed by atoms with Gasteiger partial charge < -0.3 is 11.6 Å². The predicted molar refractivity (Wildman–Crippen MR) is 8.64 cm³/mol. The Morgan fingerprint density at radius 3 is 1.00 bits per heavy atom. The van der Waals surface area contributed by atoms with Crippen molar-refractivity contribution in [1.29, 1.82) is 0 Å². The maximum absolute atomic E-state index is 0. The molecule has 0 saturated heterocycles. The molecule has 0 amide bonds. The van der Waals surface area contributed by atoms with Crippen LogP contribution in [0.1, 0.15) is 0 Å². The Balaban J connectivity index is 0. The number of hydrogen-bond acceptors (Lipinski definition) is 1. The first kappa shape index (κ1) is 64.2. The topological polar surface area (TPSA) is 66.5 Å². The van der Waals surface area contributed by atoms with Crippen molar-refractivity contribution in [3.8, 4) is 0 Å². The van der Waals surface area contributed by atoms with Crippen LogP contribution in [0.25, 0.3) is 0 Å². The first-order valence-electron chi connectivity index (χ1n) is 0. The Morgan fingerprint density at radius 1 is 1.00 bits per heavy atom. The molecule has 0 aliphatic rings. The van der Waals surface area contributed by atoms with Gasteiger partial charge in [0.2, 0.25) is 0 Å². The third-order valence-corrected chi connectivity index (χ3v) is 0. The summed E-state index contributed by atoms with van der Waals surface area (Å²) in [4.78, 5) is 0. The molecule has 0 aromatic rings. The Morgan fingerprint density at radius 2 is 1.00 bits per heavy atom. The van der Waals surface area contributed by atoms with E-state index in [2.05, 4.69) is 0 Å². The maximum atomic E-state index is 0. The summed E-state index contributed by atoms with van der Waals surface area (Å²) in [6.07, 6.45) is 0. The Labute approximate surface area is 51.5 Å². The van der Waals surface area contributed by atoms with Crippen molar-refractivity contribution in [3.63, 3.8) is 0 Å². The minimum Gasteiger partial charge on any atom is -0.412 e. The zero-order valence-electron chi connectivity index (χ0n) is 1.92. The third kappa shape index (κ3) is 10.8. The second kappa shape index (κ2) is 30.0. The fourth-order valence-electron chi connectivity index (χ4n) is 0. The molecule has 0 heterocycles. The van der Waals surface area contributed by atoms with Crippen molar-refractivity contribution in [3.05, 3.63) is 0 Å². The molecule has 4 heavy (non-hydrogen) atoms. The van der Waals surface area contributed by atoms with Crippen molar-refractivity contribution in [2.24, 2.45) is 0 Å². The SMILES string of the molecule is N.O.[Ag].[Cr]. The fourth-order valence-corrected chi connectivity index (χ4v) is 0. The van der Waals surface area contributed by atoms with Crippen molar-refractivity contribution >= 4 is 0 Å².